The van der Waals surface area contributed by atoms with E-state index in [1.165, 1.54) is 34.7 Å². The number of allylic oxidation sites excluding steroid dienone is 4. The van der Waals surface area contributed by atoms with Crippen molar-refractivity contribution in [2.45, 2.75) is 31.6 Å². The summed E-state index contributed by atoms with van der Waals surface area (Å²) in [5, 5.41) is 6.24. The molecule has 1 aliphatic heterocycles. The molecule has 0 saturated carbocycles. The lowest BCUT2D eigenvalue weighted by Crippen LogP contribution is -2.26. The fourth-order valence-corrected chi connectivity index (χ4v) is 4.12. The molecule has 0 radical (unpaired) electrons. The average Bonchev–Trinajstić information content (AvgIpc) is 2.64. The molecule has 1 N–H and O–H groups in total. The second-order valence-corrected chi connectivity index (χ2v) is 7.03. The molecule has 4 rings (SSSR count). The summed E-state index contributed by atoms with van der Waals surface area (Å²) in [6.45, 7) is 2.23. The molecular formula is C22H24FN. The number of benzene rings is 2. The average molecular weight is 321 g/mol. The van der Waals surface area contributed by atoms with Crippen LogP contribution >= 0.6 is 0 Å². The first-order chi connectivity index (χ1) is 11.8. The van der Waals surface area contributed by atoms with Crippen molar-refractivity contribution >= 4 is 10.8 Å². The van der Waals surface area contributed by atoms with Gasteiger partial charge in [-0.05, 0) is 84.7 Å². The minimum Gasteiger partial charge on any atom is -0.317 e. The molecule has 1 fully saturated rings. The number of hydrogen-bond acceptors (Lipinski definition) is 1. The first-order valence-electron chi connectivity index (χ1n) is 9.06. The predicted molar refractivity (Wildman–Crippen MR) is 98.9 cm³/mol. The van der Waals surface area contributed by atoms with Crippen LogP contribution in [-0.2, 0) is 6.42 Å². The summed E-state index contributed by atoms with van der Waals surface area (Å²) >= 11 is 0. The molecule has 1 unspecified atom stereocenters. The van der Waals surface area contributed by atoms with Gasteiger partial charge in [-0.3, -0.25) is 0 Å². The molecule has 24 heavy (non-hydrogen) atoms. The fraction of sp³-hybridized carbons (Fsp3) is 0.364. The molecule has 0 amide bonds. The van der Waals surface area contributed by atoms with E-state index in [2.05, 4.69) is 41.7 Å². The molecule has 1 atom stereocenters. The number of rotatable bonds is 3. The molecule has 2 aliphatic rings. The molecule has 2 heteroatoms. The van der Waals surface area contributed by atoms with Crippen LogP contribution in [0.3, 0.4) is 0 Å². The Kier molecular flexibility index (Phi) is 4.48. The monoisotopic (exact) mass is 321 g/mol. The second kappa shape index (κ2) is 6.90. The maximum Gasteiger partial charge on any atom is 0.118 e. The summed E-state index contributed by atoms with van der Waals surface area (Å²) in [6, 6.07) is 13.5. The molecule has 1 heterocycles. The van der Waals surface area contributed by atoms with E-state index < -0.39 is 0 Å². The highest BCUT2D eigenvalue weighted by Gasteiger charge is 2.19. The summed E-state index contributed by atoms with van der Waals surface area (Å²) in [4.78, 5) is 0. The van der Waals surface area contributed by atoms with Gasteiger partial charge >= 0.3 is 0 Å². The van der Waals surface area contributed by atoms with Gasteiger partial charge in [0.05, 0.1) is 0 Å². The molecule has 0 aromatic heterocycles. The molecule has 2 aromatic rings. The summed E-state index contributed by atoms with van der Waals surface area (Å²) in [6.07, 6.45) is 9.55. The standard InChI is InChI=1S/C22H24FN/c23-19-8-5-16(6-9-19)15-18-7-10-21(17-11-13-24-14-12-17)22-4-2-1-3-20(18)22/h1-5,7-10,16-17,24H,6,11-15H2. The fourth-order valence-electron chi connectivity index (χ4n) is 4.12. The SMILES string of the molecule is FC1=CCC(Cc2ccc(C3CCNCC3)c3ccccc23)C=C1. The van der Waals surface area contributed by atoms with Crippen LogP contribution in [0.2, 0.25) is 0 Å². The summed E-state index contributed by atoms with van der Waals surface area (Å²) in [5.41, 5.74) is 2.88. The Bertz CT molecular complexity index is 784. The van der Waals surface area contributed by atoms with Crippen molar-refractivity contribution in [2.24, 2.45) is 5.92 Å². The van der Waals surface area contributed by atoms with Crippen LogP contribution in [0.15, 0.2) is 60.5 Å². The first-order valence-corrected chi connectivity index (χ1v) is 9.06. The van der Waals surface area contributed by atoms with Gasteiger partial charge in [0.15, 0.2) is 0 Å². The van der Waals surface area contributed by atoms with Crippen molar-refractivity contribution in [3.8, 4) is 0 Å². The molecule has 1 saturated heterocycles. The van der Waals surface area contributed by atoms with Crippen molar-refractivity contribution in [3.63, 3.8) is 0 Å². The molecule has 124 valence electrons. The van der Waals surface area contributed by atoms with Crippen LogP contribution in [0.25, 0.3) is 10.8 Å². The zero-order chi connectivity index (χ0) is 16.4. The van der Waals surface area contributed by atoms with Gasteiger partial charge in [-0.15, -0.1) is 0 Å². The van der Waals surface area contributed by atoms with Crippen molar-refractivity contribution < 1.29 is 4.39 Å². The van der Waals surface area contributed by atoms with Crippen LogP contribution in [0.5, 0.6) is 0 Å². The molecule has 1 nitrogen and oxygen atoms in total. The lowest BCUT2D eigenvalue weighted by Gasteiger charge is -2.25. The summed E-state index contributed by atoms with van der Waals surface area (Å²) < 4.78 is 13.2. The van der Waals surface area contributed by atoms with Crippen LogP contribution in [0.1, 0.15) is 36.3 Å². The molecule has 1 aliphatic carbocycles. The van der Waals surface area contributed by atoms with Crippen LogP contribution in [0.4, 0.5) is 4.39 Å². The van der Waals surface area contributed by atoms with Gasteiger partial charge in [-0.2, -0.15) is 0 Å². The maximum absolute atomic E-state index is 13.2. The molecular weight excluding hydrogens is 297 g/mol. The second-order valence-electron chi connectivity index (χ2n) is 7.03. The van der Waals surface area contributed by atoms with Gasteiger partial charge in [0.25, 0.3) is 0 Å². The van der Waals surface area contributed by atoms with E-state index in [0.29, 0.717) is 11.8 Å². The van der Waals surface area contributed by atoms with Crippen molar-refractivity contribution in [1.82, 2.24) is 5.32 Å². The highest BCUT2D eigenvalue weighted by atomic mass is 19.1. The van der Waals surface area contributed by atoms with Gasteiger partial charge in [-0.1, -0.05) is 42.5 Å². The Hall–Kier alpha value is -1.93. The smallest absolute Gasteiger partial charge is 0.118 e. The summed E-state index contributed by atoms with van der Waals surface area (Å²) in [5.74, 6) is 0.965. The van der Waals surface area contributed by atoms with Gasteiger partial charge in [0.1, 0.15) is 5.83 Å². The maximum atomic E-state index is 13.2. The minimum absolute atomic E-state index is 0.0997. The van der Waals surface area contributed by atoms with Crippen LogP contribution in [0, 0.1) is 5.92 Å². The Morgan fingerprint density at radius 2 is 1.79 bits per heavy atom. The van der Waals surface area contributed by atoms with Gasteiger partial charge < -0.3 is 5.32 Å². The number of piperidine rings is 1. The van der Waals surface area contributed by atoms with Crippen molar-refractivity contribution in [2.75, 3.05) is 13.1 Å². The largest absolute Gasteiger partial charge is 0.317 e. The topological polar surface area (TPSA) is 12.0 Å². The van der Waals surface area contributed by atoms with E-state index in [9.17, 15) is 4.39 Å². The third kappa shape index (κ3) is 3.16. The number of hydrogen-bond donors (Lipinski definition) is 1. The van der Waals surface area contributed by atoms with E-state index in [4.69, 9.17) is 0 Å². The third-order valence-electron chi connectivity index (χ3n) is 5.45. The molecule has 0 bridgehead atoms. The zero-order valence-electron chi connectivity index (χ0n) is 14.0. The normalized spacial score (nSPS) is 21.9. The quantitative estimate of drug-likeness (QED) is 0.811. The lowest BCUT2D eigenvalue weighted by atomic mass is 9.84. The van der Waals surface area contributed by atoms with E-state index in [1.54, 1.807) is 12.2 Å². The Morgan fingerprint density at radius 3 is 2.54 bits per heavy atom. The van der Waals surface area contributed by atoms with Crippen LogP contribution in [-0.4, -0.2) is 13.1 Å². The van der Waals surface area contributed by atoms with Crippen LogP contribution < -0.4 is 5.32 Å². The summed E-state index contributed by atoms with van der Waals surface area (Å²) in [7, 11) is 0. The van der Waals surface area contributed by atoms with Crippen molar-refractivity contribution in [3.05, 3.63) is 71.6 Å². The van der Waals surface area contributed by atoms with E-state index in [0.717, 1.165) is 25.9 Å². The molecule has 0 spiro atoms. The highest BCUT2D eigenvalue weighted by molar-refractivity contribution is 5.89. The Morgan fingerprint density at radius 1 is 1.00 bits per heavy atom. The zero-order valence-corrected chi connectivity index (χ0v) is 14.0. The van der Waals surface area contributed by atoms with E-state index in [-0.39, 0.29) is 5.83 Å². The number of halogens is 1. The van der Waals surface area contributed by atoms with Gasteiger partial charge in [-0.25, -0.2) is 4.39 Å². The van der Waals surface area contributed by atoms with E-state index in [1.807, 2.05) is 6.08 Å². The molecule has 2 aromatic carbocycles. The van der Waals surface area contributed by atoms with Gasteiger partial charge in [0.2, 0.25) is 0 Å². The Balaban J connectivity index is 1.66. The third-order valence-corrected chi connectivity index (χ3v) is 5.45. The number of nitrogens with one attached hydrogen (secondary N) is 1. The van der Waals surface area contributed by atoms with Crippen molar-refractivity contribution in [1.29, 1.82) is 0 Å². The minimum atomic E-state index is -0.0997. The Labute approximate surface area is 143 Å². The van der Waals surface area contributed by atoms with Gasteiger partial charge in [0, 0.05) is 0 Å². The first kappa shape index (κ1) is 15.6. The number of fused-ring (bicyclic) bond motifs is 1. The lowest BCUT2D eigenvalue weighted by molar-refractivity contribution is 0.462. The van der Waals surface area contributed by atoms with E-state index >= 15 is 0 Å². The predicted octanol–water partition coefficient (Wildman–Crippen LogP) is 5.28. The highest BCUT2D eigenvalue weighted by Crippen LogP contribution is 2.34.